The van der Waals surface area contributed by atoms with Crippen molar-refractivity contribution in [2.45, 2.75) is 19.1 Å². The van der Waals surface area contributed by atoms with E-state index in [1.165, 1.54) is 10.1 Å². The van der Waals surface area contributed by atoms with Crippen LogP contribution in [0.25, 0.3) is 22.2 Å². The lowest BCUT2D eigenvalue weighted by Crippen LogP contribution is -2.19. The molecule has 7 heteroatoms. The van der Waals surface area contributed by atoms with Gasteiger partial charge in [0.1, 0.15) is 6.33 Å². The second kappa shape index (κ2) is 7.76. The molecule has 4 rings (SSSR count). The summed E-state index contributed by atoms with van der Waals surface area (Å²) in [6.07, 6.45) is 7.78. The van der Waals surface area contributed by atoms with Crippen LogP contribution in [0.1, 0.15) is 17.5 Å². The first-order chi connectivity index (χ1) is 14.1. The Balaban J connectivity index is 1.80. The molecule has 0 amide bonds. The molecule has 3 aromatic rings. The summed E-state index contributed by atoms with van der Waals surface area (Å²) in [5.74, 6) is 2.33. The molecule has 0 saturated heterocycles. The van der Waals surface area contributed by atoms with E-state index in [4.69, 9.17) is 11.0 Å². The molecule has 1 aromatic heterocycles. The Morgan fingerprint density at radius 3 is 2.90 bits per heavy atom. The number of hydrogen-bond acceptors (Lipinski definition) is 5. The maximum atomic E-state index is 13.2. The summed E-state index contributed by atoms with van der Waals surface area (Å²) in [6.45, 7) is 0.0875. The third-order valence-corrected chi connectivity index (χ3v) is 5.34. The van der Waals surface area contributed by atoms with Crippen molar-refractivity contribution in [3.05, 3.63) is 70.3 Å². The number of aromatic nitrogens is 2. The molecule has 0 saturated carbocycles. The van der Waals surface area contributed by atoms with Crippen LogP contribution in [0.15, 0.2) is 58.6 Å². The molecule has 0 aliphatic carbocycles. The molecule has 0 radical (unpaired) electrons. The number of nitrogens with two attached hydrogens (primary N) is 1. The molecule has 2 aromatic carbocycles. The minimum atomic E-state index is -0.132. The molecule has 6 nitrogen and oxygen atoms in total. The fraction of sp³-hybridized carbons (Fsp3) is 0.182. The summed E-state index contributed by atoms with van der Waals surface area (Å²) in [4.78, 5) is 21.7. The molecule has 0 spiro atoms. The van der Waals surface area contributed by atoms with Gasteiger partial charge in [0, 0.05) is 30.5 Å². The lowest BCUT2D eigenvalue weighted by Gasteiger charge is -2.15. The van der Waals surface area contributed by atoms with Gasteiger partial charge in [0.2, 0.25) is 0 Å². The smallest absolute Gasteiger partial charge is 0.271 e. The second-order valence-corrected chi connectivity index (χ2v) is 7.18. The normalized spacial score (nSPS) is 14.2. The van der Waals surface area contributed by atoms with Gasteiger partial charge >= 0.3 is 0 Å². The Kier molecular flexibility index (Phi) is 5.00. The summed E-state index contributed by atoms with van der Waals surface area (Å²) < 4.78 is 1.53. The predicted molar refractivity (Wildman–Crippen MR) is 119 cm³/mol. The van der Waals surface area contributed by atoms with Gasteiger partial charge in [-0.15, -0.1) is 0 Å². The van der Waals surface area contributed by atoms with E-state index in [1.54, 1.807) is 31.7 Å². The van der Waals surface area contributed by atoms with Crippen LogP contribution in [0.4, 0.5) is 5.69 Å². The van der Waals surface area contributed by atoms with Crippen molar-refractivity contribution in [1.82, 2.24) is 9.55 Å². The van der Waals surface area contributed by atoms with E-state index in [0.717, 1.165) is 30.2 Å². The highest BCUT2D eigenvalue weighted by Crippen LogP contribution is 2.28. The number of benzene rings is 2. The lowest BCUT2D eigenvalue weighted by atomic mass is 9.43. The Morgan fingerprint density at radius 1 is 1.31 bits per heavy atom. The number of hydrogen-bond donors (Lipinski definition) is 1. The summed E-state index contributed by atoms with van der Waals surface area (Å²) >= 11 is 0. The van der Waals surface area contributed by atoms with Crippen molar-refractivity contribution < 1.29 is 0 Å². The fourth-order valence-electron chi connectivity index (χ4n) is 3.68. The van der Waals surface area contributed by atoms with E-state index in [0.29, 0.717) is 22.3 Å². The lowest BCUT2D eigenvalue weighted by molar-refractivity contribution is 0.963. The van der Waals surface area contributed by atoms with Gasteiger partial charge in [-0.05, 0) is 54.2 Å². The number of aliphatic imine (C=N–C) groups is 1. The SMILES string of the molecule is CN=Cc1cc(-n2cnc3ccc(C4=CCB(C#N)CC4)cc3c2=O)ccc1N. The van der Waals surface area contributed by atoms with E-state index in [9.17, 15) is 4.79 Å². The molecule has 0 bridgehead atoms. The van der Waals surface area contributed by atoms with Crippen molar-refractivity contribution >= 4 is 35.1 Å². The highest BCUT2D eigenvalue weighted by Gasteiger charge is 2.19. The van der Waals surface area contributed by atoms with E-state index in [2.05, 4.69) is 22.0 Å². The minimum absolute atomic E-state index is 0.0875. The summed E-state index contributed by atoms with van der Waals surface area (Å²) in [7, 11) is 1.68. The molecule has 1 aliphatic heterocycles. The zero-order chi connectivity index (χ0) is 20.4. The Morgan fingerprint density at radius 2 is 2.17 bits per heavy atom. The number of nitrogen functional groups attached to an aromatic ring is 1. The van der Waals surface area contributed by atoms with Gasteiger partial charge in [-0.1, -0.05) is 18.5 Å². The third kappa shape index (κ3) is 3.57. The topological polar surface area (TPSA) is 97.1 Å². The molecular formula is C22H20BN5O. The summed E-state index contributed by atoms with van der Waals surface area (Å²) in [5.41, 5.74) is 10.8. The number of rotatable bonds is 3. The van der Waals surface area contributed by atoms with Crippen LogP contribution in [0.3, 0.4) is 0 Å². The summed E-state index contributed by atoms with van der Waals surface area (Å²) in [5, 5.41) is 9.65. The Bertz CT molecular complexity index is 1250. The van der Waals surface area contributed by atoms with Gasteiger partial charge in [-0.3, -0.25) is 14.4 Å². The van der Waals surface area contributed by atoms with E-state index < -0.39 is 0 Å². The van der Waals surface area contributed by atoms with Crippen LogP contribution in [0, 0.1) is 11.2 Å². The van der Waals surface area contributed by atoms with Gasteiger partial charge in [-0.2, -0.15) is 0 Å². The Hall–Kier alpha value is -3.66. The van der Waals surface area contributed by atoms with Gasteiger partial charge in [0.25, 0.3) is 12.3 Å². The number of nitriles is 1. The first-order valence-corrected chi connectivity index (χ1v) is 9.53. The molecule has 29 heavy (non-hydrogen) atoms. The second-order valence-electron chi connectivity index (χ2n) is 7.18. The van der Waals surface area contributed by atoms with Gasteiger partial charge in [0.05, 0.1) is 16.6 Å². The van der Waals surface area contributed by atoms with Gasteiger partial charge in [0.15, 0.2) is 0 Å². The molecule has 0 atom stereocenters. The van der Waals surface area contributed by atoms with Gasteiger partial charge in [-0.25, -0.2) is 10.2 Å². The van der Waals surface area contributed by atoms with E-state index in [-0.39, 0.29) is 12.3 Å². The molecular weight excluding hydrogens is 361 g/mol. The van der Waals surface area contributed by atoms with Crippen LogP contribution < -0.4 is 11.3 Å². The van der Waals surface area contributed by atoms with Crippen molar-refractivity contribution in [2.24, 2.45) is 4.99 Å². The van der Waals surface area contributed by atoms with E-state index >= 15 is 0 Å². The number of anilines is 1. The molecule has 2 N–H and O–H groups in total. The number of fused-ring (bicyclic) bond motifs is 1. The summed E-state index contributed by atoms with van der Waals surface area (Å²) in [6, 6.07) is 11.2. The largest absolute Gasteiger partial charge is 0.398 e. The molecule has 0 unspecified atom stereocenters. The van der Waals surface area contributed by atoms with Crippen LogP contribution >= 0.6 is 0 Å². The quantitative estimate of drug-likeness (QED) is 0.427. The average Bonchev–Trinajstić information content (AvgIpc) is 2.76. The standard InChI is InChI=1S/C22H20BN5O/c1-26-12-17-10-18(3-4-20(17)25)28-14-27-21-5-2-16(11-19(21)22(28)29)15-6-8-23(13-24)9-7-15/h2-6,10-12,14H,7-9,25H2,1H3. The van der Waals surface area contributed by atoms with Gasteiger partial charge < -0.3 is 5.73 Å². The van der Waals surface area contributed by atoms with Crippen molar-refractivity contribution in [3.8, 4) is 11.7 Å². The molecule has 2 heterocycles. The van der Waals surface area contributed by atoms with Crippen LogP contribution in [-0.2, 0) is 0 Å². The van der Waals surface area contributed by atoms with Crippen molar-refractivity contribution in [3.63, 3.8) is 0 Å². The van der Waals surface area contributed by atoms with Crippen LogP contribution in [0.5, 0.6) is 0 Å². The number of allylic oxidation sites excluding steroid dienone is 2. The maximum absolute atomic E-state index is 13.2. The maximum Gasteiger partial charge on any atom is 0.271 e. The third-order valence-electron chi connectivity index (χ3n) is 5.34. The minimum Gasteiger partial charge on any atom is -0.398 e. The zero-order valence-corrected chi connectivity index (χ0v) is 16.2. The Labute approximate surface area is 169 Å². The van der Waals surface area contributed by atoms with Crippen molar-refractivity contribution in [2.75, 3.05) is 12.8 Å². The molecule has 142 valence electrons. The number of nitrogens with zero attached hydrogens (tertiary/aromatic N) is 4. The zero-order valence-electron chi connectivity index (χ0n) is 16.2. The predicted octanol–water partition coefficient (Wildman–Crippen LogP) is 3.36. The average molecular weight is 381 g/mol. The molecule has 0 fully saturated rings. The van der Waals surface area contributed by atoms with Crippen LogP contribution in [-0.4, -0.2) is 29.5 Å². The first-order valence-electron chi connectivity index (χ1n) is 9.53. The van der Waals surface area contributed by atoms with Crippen molar-refractivity contribution in [1.29, 1.82) is 5.26 Å². The highest BCUT2D eigenvalue weighted by molar-refractivity contribution is 6.67. The van der Waals surface area contributed by atoms with E-state index in [1.807, 2.05) is 24.3 Å². The highest BCUT2D eigenvalue weighted by atomic mass is 16.1. The fourth-order valence-corrected chi connectivity index (χ4v) is 3.68. The van der Waals surface area contributed by atoms with Crippen LogP contribution in [0.2, 0.25) is 12.6 Å². The molecule has 1 aliphatic rings. The first kappa shape index (κ1) is 18.7. The monoisotopic (exact) mass is 381 g/mol.